The van der Waals surface area contributed by atoms with Gasteiger partial charge >= 0.3 is 0 Å². The summed E-state index contributed by atoms with van der Waals surface area (Å²) in [6, 6.07) is 10.2. The summed E-state index contributed by atoms with van der Waals surface area (Å²) < 4.78 is 18.4. The topological polar surface area (TPSA) is 78.6 Å². The molecule has 4 aromatic rings. The summed E-state index contributed by atoms with van der Waals surface area (Å²) in [7, 11) is 0. The number of aromatic nitrogens is 3. The molecule has 0 N–H and O–H groups in total. The van der Waals surface area contributed by atoms with Gasteiger partial charge in [0.1, 0.15) is 18.1 Å². The molecule has 1 aromatic carbocycles. The third kappa shape index (κ3) is 4.52. The second kappa shape index (κ2) is 9.18. The first-order valence-corrected chi connectivity index (χ1v) is 10.8. The molecule has 3 aromatic heterocycles. The van der Waals surface area contributed by atoms with Crippen LogP contribution in [0.3, 0.4) is 0 Å². The quantitative estimate of drug-likeness (QED) is 0.227. The first kappa shape index (κ1) is 20.9. The third-order valence-electron chi connectivity index (χ3n) is 3.84. The van der Waals surface area contributed by atoms with Crippen LogP contribution in [0.4, 0.5) is 0 Å². The third-order valence-corrected chi connectivity index (χ3v) is 5.24. The van der Waals surface area contributed by atoms with Crippen molar-refractivity contribution < 1.29 is 13.6 Å². The van der Waals surface area contributed by atoms with Gasteiger partial charge in [0.05, 0.1) is 22.5 Å². The lowest BCUT2D eigenvalue weighted by molar-refractivity contribution is 0.270. The average Bonchev–Trinajstić information content (AvgIpc) is 3.45. The summed E-state index contributed by atoms with van der Waals surface area (Å²) in [6.07, 6.45) is 5.01. The van der Waals surface area contributed by atoms with Crippen LogP contribution in [0.2, 0.25) is 15.1 Å². The Hall–Kier alpha value is -2.39. The lowest BCUT2D eigenvalue weighted by Gasteiger charge is -2.08. The Labute approximate surface area is 190 Å². The van der Waals surface area contributed by atoms with Gasteiger partial charge in [-0.15, -0.1) is 10.2 Å². The smallest absolute Gasteiger partial charge is 0.221 e. The number of rotatable bonds is 7. The Balaban J connectivity index is 1.49. The van der Waals surface area contributed by atoms with Crippen molar-refractivity contribution in [3.05, 3.63) is 69.2 Å². The molecule has 0 aliphatic rings. The summed E-state index contributed by atoms with van der Waals surface area (Å²) in [5, 5.41) is 14.4. The minimum Gasteiger partial charge on any atom is -0.483 e. The van der Waals surface area contributed by atoms with E-state index in [2.05, 4.69) is 15.3 Å². The second-order valence-corrected chi connectivity index (χ2v) is 7.86. The highest BCUT2D eigenvalue weighted by atomic mass is 35.5. The van der Waals surface area contributed by atoms with Gasteiger partial charge < -0.3 is 13.6 Å². The van der Waals surface area contributed by atoms with E-state index >= 15 is 0 Å². The van der Waals surface area contributed by atoms with E-state index < -0.39 is 0 Å². The SMILES string of the molecule is CSc1nnc(-c2ccco2)n1N=Cc1ccc(COc2c(Cl)cc(Cl)cc2Cl)o1. The summed E-state index contributed by atoms with van der Waals surface area (Å²) in [5.41, 5.74) is 0. The Morgan fingerprint density at radius 3 is 2.67 bits per heavy atom. The molecule has 3 heterocycles. The number of furan rings is 2. The predicted molar refractivity (Wildman–Crippen MR) is 117 cm³/mol. The highest BCUT2D eigenvalue weighted by molar-refractivity contribution is 7.98. The molecule has 0 bridgehead atoms. The molecule has 0 saturated heterocycles. The molecular weight excluding hydrogens is 471 g/mol. The van der Waals surface area contributed by atoms with Crippen LogP contribution in [0.15, 0.2) is 61.8 Å². The lowest BCUT2D eigenvalue weighted by atomic mass is 10.3. The van der Waals surface area contributed by atoms with Crippen molar-refractivity contribution in [3.8, 4) is 17.3 Å². The molecule has 0 atom stereocenters. The van der Waals surface area contributed by atoms with Crippen LogP contribution in [0, 0.1) is 0 Å². The first-order valence-electron chi connectivity index (χ1n) is 8.49. The number of hydrogen-bond donors (Lipinski definition) is 0. The molecule has 0 aliphatic heterocycles. The molecule has 154 valence electrons. The van der Waals surface area contributed by atoms with Gasteiger partial charge in [0.15, 0.2) is 11.5 Å². The van der Waals surface area contributed by atoms with Gasteiger partial charge in [-0.3, -0.25) is 0 Å². The normalized spacial score (nSPS) is 11.5. The van der Waals surface area contributed by atoms with Gasteiger partial charge in [-0.05, 0) is 42.7 Å². The predicted octanol–water partition coefficient (Wildman–Crippen LogP) is 6.27. The largest absolute Gasteiger partial charge is 0.483 e. The lowest BCUT2D eigenvalue weighted by Crippen LogP contribution is -1.96. The molecule has 0 aliphatic carbocycles. The van der Waals surface area contributed by atoms with Crippen molar-refractivity contribution in [3.63, 3.8) is 0 Å². The molecule has 0 spiro atoms. The Morgan fingerprint density at radius 1 is 1.17 bits per heavy atom. The highest BCUT2D eigenvalue weighted by Gasteiger charge is 2.15. The maximum absolute atomic E-state index is 6.13. The zero-order chi connectivity index (χ0) is 21.1. The monoisotopic (exact) mass is 482 g/mol. The molecular formula is C19H13Cl3N4O3S. The summed E-state index contributed by atoms with van der Waals surface area (Å²) in [4.78, 5) is 0. The average molecular weight is 484 g/mol. The van der Waals surface area contributed by atoms with Gasteiger partial charge in [0, 0.05) is 5.02 Å². The van der Waals surface area contributed by atoms with E-state index in [1.54, 1.807) is 53.6 Å². The fraction of sp³-hybridized carbons (Fsp3) is 0.105. The standard InChI is InChI=1S/C19H13Cl3N4O3S/c1-30-19-25-24-18(16-3-2-6-27-16)26(19)23-9-12-4-5-13(29-12)10-28-17-14(21)7-11(20)8-15(17)22/h2-9H,10H2,1H3. The van der Waals surface area contributed by atoms with E-state index in [4.69, 9.17) is 48.4 Å². The van der Waals surface area contributed by atoms with E-state index in [-0.39, 0.29) is 6.61 Å². The molecule has 11 heteroatoms. The van der Waals surface area contributed by atoms with Crippen molar-refractivity contribution >= 4 is 52.8 Å². The fourth-order valence-corrected chi connectivity index (χ4v) is 3.88. The maximum Gasteiger partial charge on any atom is 0.221 e. The van der Waals surface area contributed by atoms with E-state index in [9.17, 15) is 0 Å². The van der Waals surface area contributed by atoms with E-state index in [0.29, 0.717) is 49.1 Å². The van der Waals surface area contributed by atoms with Crippen LogP contribution < -0.4 is 4.74 Å². The zero-order valence-electron chi connectivity index (χ0n) is 15.4. The van der Waals surface area contributed by atoms with Crippen molar-refractivity contribution in [1.82, 2.24) is 14.9 Å². The van der Waals surface area contributed by atoms with Gasteiger partial charge in [-0.2, -0.15) is 9.78 Å². The van der Waals surface area contributed by atoms with Crippen molar-refractivity contribution in [1.29, 1.82) is 0 Å². The van der Waals surface area contributed by atoms with Crippen LogP contribution in [0.5, 0.6) is 5.75 Å². The molecule has 0 unspecified atom stereocenters. The number of thioether (sulfide) groups is 1. The van der Waals surface area contributed by atoms with E-state index in [0.717, 1.165) is 0 Å². The highest BCUT2D eigenvalue weighted by Crippen LogP contribution is 2.36. The van der Waals surface area contributed by atoms with Crippen LogP contribution in [0.25, 0.3) is 11.6 Å². The van der Waals surface area contributed by atoms with Crippen LogP contribution in [-0.4, -0.2) is 27.3 Å². The number of nitrogens with zero attached hydrogens (tertiary/aromatic N) is 4. The molecule has 4 rings (SSSR count). The zero-order valence-corrected chi connectivity index (χ0v) is 18.5. The molecule has 30 heavy (non-hydrogen) atoms. The Bertz CT molecular complexity index is 1160. The number of ether oxygens (including phenoxy) is 1. The number of hydrogen-bond acceptors (Lipinski definition) is 7. The van der Waals surface area contributed by atoms with Crippen molar-refractivity contribution in [2.75, 3.05) is 6.26 Å². The summed E-state index contributed by atoms with van der Waals surface area (Å²) in [5.74, 6) is 2.48. The number of benzene rings is 1. The molecule has 7 nitrogen and oxygen atoms in total. The number of halogens is 3. The first-order chi connectivity index (χ1) is 14.5. The second-order valence-electron chi connectivity index (χ2n) is 5.84. The molecule has 0 radical (unpaired) electrons. The van der Waals surface area contributed by atoms with Gasteiger partial charge in [-0.1, -0.05) is 46.6 Å². The molecule has 0 amide bonds. The summed E-state index contributed by atoms with van der Waals surface area (Å²) in [6.45, 7) is 0.134. The Kier molecular flexibility index (Phi) is 6.38. The van der Waals surface area contributed by atoms with Gasteiger partial charge in [0.25, 0.3) is 0 Å². The van der Waals surface area contributed by atoms with Crippen LogP contribution in [-0.2, 0) is 6.61 Å². The van der Waals surface area contributed by atoms with E-state index in [1.165, 1.54) is 11.8 Å². The summed E-state index contributed by atoms with van der Waals surface area (Å²) >= 11 is 19.6. The maximum atomic E-state index is 6.13. The molecule has 0 saturated carbocycles. The molecule has 0 fully saturated rings. The minimum absolute atomic E-state index is 0.134. The van der Waals surface area contributed by atoms with Gasteiger partial charge in [0.2, 0.25) is 11.0 Å². The fourth-order valence-electron chi connectivity index (χ4n) is 2.52. The van der Waals surface area contributed by atoms with Crippen LogP contribution >= 0.6 is 46.6 Å². The van der Waals surface area contributed by atoms with Crippen molar-refractivity contribution in [2.24, 2.45) is 5.10 Å². The Morgan fingerprint density at radius 2 is 1.97 bits per heavy atom. The van der Waals surface area contributed by atoms with Crippen molar-refractivity contribution in [2.45, 2.75) is 11.8 Å². The van der Waals surface area contributed by atoms with E-state index in [1.807, 2.05) is 6.26 Å². The van der Waals surface area contributed by atoms with Gasteiger partial charge in [-0.25, -0.2) is 0 Å². The minimum atomic E-state index is 0.134. The van der Waals surface area contributed by atoms with Crippen LogP contribution in [0.1, 0.15) is 11.5 Å².